The van der Waals surface area contributed by atoms with E-state index in [0.29, 0.717) is 12.8 Å². The van der Waals surface area contributed by atoms with Gasteiger partial charge in [-0.05, 0) is 12.8 Å². The maximum Gasteiger partial charge on any atom is 0.318 e. The Morgan fingerprint density at radius 2 is 1.74 bits per heavy atom. The van der Waals surface area contributed by atoms with Gasteiger partial charge >= 0.3 is 6.04 Å². The van der Waals surface area contributed by atoms with Crippen molar-refractivity contribution in [3.8, 4) is 0 Å². The van der Waals surface area contributed by atoms with Crippen LogP contribution in [0.5, 0.6) is 0 Å². The molecule has 0 aromatic rings. The van der Waals surface area contributed by atoms with Gasteiger partial charge in [0.05, 0.1) is 6.04 Å². The predicted molar refractivity (Wildman–Crippen MR) is 73.1 cm³/mol. The molecule has 112 valence electrons. The van der Waals surface area contributed by atoms with Crippen LogP contribution in [-0.4, -0.2) is 23.6 Å². The van der Waals surface area contributed by atoms with Crippen LogP contribution in [0.1, 0.15) is 52.4 Å². The highest BCUT2D eigenvalue weighted by Crippen LogP contribution is 2.36. The largest absolute Gasteiger partial charge is 0.321 e. The third-order valence-electron chi connectivity index (χ3n) is 2.77. The normalized spacial score (nSPS) is 15.8. The molecule has 0 amide bonds. The van der Waals surface area contributed by atoms with Crippen molar-refractivity contribution in [2.75, 3.05) is 0 Å². The Kier molecular flexibility index (Phi) is 10.1. The topological polar surface area (TPSA) is 72.2 Å². The Bertz CT molecular complexity index is 293. The van der Waals surface area contributed by atoms with Gasteiger partial charge in [0.2, 0.25) is 13.9 Å². The van der Waals surface area contributed by atoms with Gasteiger partial charge in [-0.1, -0.05) is 39.5 Å². The summed E-state index contributed by atoms with van der Waals surface area (Å²) in [5.74, 6) is 0. The number of nitrogens with one attached hydrogen (secondary N) is 1. The van der Waals surface area contributed by atoms with Crippen molar-refractivity contribution >= 4 is 19.9 Å². The quantitative estimate of drug-likeness (QED) is 0.454. The van der Waals surface area contributed by atoms with Crippen LogP contribution < -0.4 is 10.8 Å². The molecular formula is C12H23F2N2O2P. The van der Waals surface area contributed by atoms with Crippen molar-refractivity contribution < 1.29 is 18.2 Å². The van der Waals surface area contributed by atoms with Gasteiger partial charge < -0.3 is 5.73 Å². The molecule has 3 atom stereocenters. The van der Waals surface area contributed by atoms with Crippen molar-refractivity contribution in [3.63, 3.8) is 0 Å². The molecule has 0 aromatic carbocycles. The number of rotatable bonds is 11. The van der Waals surface area contributed by atoms with Gasteiger partial charge in [-0.3, -0.25) is 14.7 Å². The fourth-order valence-corrected chi connectivity index (χ4v) is 2.58. The van der Waals surface area contributed by atoms with E-state index in [2.05, 4.69) is 5.09 Å². The van der Waals surface area contributed by atoms with Crippen LogP contribution in [0.4, 0.5) is 8.59 Å². The zero-order valence-corrected chi connectivity index (χ0v) is 12.4. The number of hydrogen-bond donors (Lipinski definition) is 2. The van der Waals surface area contributed by atoms with E-state index in [4.69, 9.17) is 5.73 Å². The summed E-state index contributed by atoms with van der Waals surface area (Å²) in [6.45, 7) is 3.82. The second-order valence-corrected chi connectivity index (χ2v) is 5.76. The summed E-state index contributed by atoms with van der Waals surface area (Å²) in [5.41, 5.74) is 4.81. The Hall–Kier alpha value is -0.450. The third-order valence-corrected chi connectivity index (χ3v) is 4.03. The highest BCUT2D eigenvalue weighted by Gasteiger charge is 2.29. The third kappa shape index (κ3) is 7.65. The molecule has 0 aliphatic carbocycles. The lowest BCUT2D eigenvalue weighted by Crippen LogP contribution is -2.36. The van der Waals surface area contributed by atoms with Crippen LogP contribution in [-0.2, 0) is 9.59 Å². The molecule has 0 aromatic heterocycles. The summed E-state index contributed by atoms with van der Waals surface area (Å²) in [5, 5.41) is 2.15. The van der Waals surface area contributed by atoms with Gasteiger partial charge in [-0.25, -0.2) is 4.20 Å². The lowest BCUT2D eigenvalue weighted by Gasteiger charge is -2.18. The molecule has 4 nitrogen and oxygen atoms in total. The molecule has 0 bridgehead atoms. The molecule has 0 aliphatic rings. The average molecular weight is 296 g/mol. The maximum atomic E-state index is 13.7. The fourth-order valence-electron chi connectivity index (χ4n) is 1.53. The van der Waals surface area contributed by atoms with Crippen molar-refractivity contribution in [1.82, 2.24) is 5.09 Å². The number of hydrogen-bond acceptors (Lipinski definition) is 4. The minimum Gasteiger partial charge on any atom is -0.321 e. The van der Waals surface area contributed by atoms with E-state index in [0.717, 1.165) is 19.3 Å². The maximum absolute atomic E-state index is 13.7. The van der Waals surface area contributed by atoms with Crippen LogP contribution in [0.2, 0.25) is 0 Å². The molecule has 0 saturated heterocycles. The lowest BCUT2D eigenvalue weighted by molar-refractivity contribution is -0.131. The Morgan fingerprint density at radius 1 is 1.21 bits per heavy atom. The first-order chi connectivity index (χ1) is 8.93. The molecule has 7 heteroatoms. The number of unbranched alkanes of at least 4 members (excludes halogenated alkanes) is 2. The smallest absolute Gasteiger partial charge is 0.318 e. The lowest BCUT2D eigenvalue weighted by atomic mass is 10.1. The molecule has 3 N–H and O–H groups in total. The summed E-state index contributed by atoms with van der Waals surface area (Å²) < 4.78 is 26.4. The van der Waals surface area contributed by atoms with Crippen LogP contribution in [0, 0.1) is 0 Å². The zero-order valence-electron chi connectivity index (χ0n) is 11.5. The first kappa shape index (κ1) is 18.6. The van der Waals surface area contributed by atoms with E-state index < -0.39 is 32.0 Å². The van der Waals surface area contributed by atoms with Gasteiger partial charge in [0.25, 0.3) is 0 Å². The molecule has 19 heavy (non-hydrogen) atoms. The van der Waals surface area contributed by atoms with E-state index in [-0.39, 0.29) is 6.42 Å². The van der Waals surface area contributed by atoms with Crippen LogP contribution in [0.25, 0.3) is 0 Å². The Labute approximate surface area is 114 Å². The van der Waals surface area contributed by atoms with Crippen LogP contribution in [0.3, 0.4) is 0 Å². The molecule has 0 rings (SSSR count). The van der Waals surface area contributed by atoms with Gasteiger partial charge in [0.15, 0.2) is 0 Å². The predicted octanol–water partition coefficient (Wildman–Crippen LogP) is 2.96. The number of carbonyl (C=O) groups is 2. The molecule has 0 fully saturated rings. The number of nitrogens with two attached hydrogens (primary N) is 1. The molecule has 1 unspecified atom stereocenters. The van der Waals surface area contributed by atoms with E-state index in [1.54, 1.807) is 0 Å². The van der Waals surface area contributed by atoms with E-state index in [1.165, 1.54) is 0 Å². The molecular weight excluding hydrogens is 273 g/mol. The summed E-state index contributed by atoms with van der Waals surface area (Å²) in [6, 6.07) is -3.75. The fraction of sp³-hybridized carbons (Fsp3) is 0.833. The highest BCUT2D eigenvalue weighted by molar-refractivity contribution is 7.68. The Balaban J connectivity index is 4.33. The van der Waals surface area contributed by atoms with E-state index in [1.807, 2.05) is 13.8 Å². The van der Waals surface area contributed by atoms with Crippen molar-refractivity contribution in [1.29, 1.82) is 0 Å². The summed E-state index contributed by atoms with van der Waals surface area (Å²) in [4.78, 5) is 22.3. The summed E-state index contributed by atoms with van der Waals surface area (Å²) in [6.07, 6.45) is 3.54. The first-order valence-corrected chi connectivity index (χ1v) is 7.88. The standard InChI is InChI=1S/C12H23F2N2O2P/c1-3-5-7-9(15)12(18)19(14)16-10(11(13)17)8-6-4-2/h9-10,16H,3-8,15H2,1-2H3/t9-,10-,19?/m0/s1. The molecule has 0 radical (unpaired) electrons. The van der Waals surface area contributed by atoms with Crippen molar-refractivity contribution in [2.45, 2.75) is 64.5 Å². The van der Waals surface area contributed by atoms with Gasteiger partial charge in [-0.15, -0.1) is 0 Å². The monoisotopic (exact) mass is 296 g/mol. The minimum absolute atomic E-state index is 0.187. The zero-order chi connectivity index (χ0) is 14.8. The van der Waals surface area contributed by atoms with Crippen LogP contribution in [0.15, 0.2) is 0 Å². The van der Waals surface area contributed by atoms with Crippen molar-refractivity contribution in [2.24, 2.45) is 5.73 Å². The minimum atomic E-state index is -2.76. The van der Waals surface area contributed by atoms with Crippen molar-refractivity contribution in [3.05, 3.63) is 0 Å². The number of carbonyl (C=O) groups excluding carboxylic acids is 2. The second-order valence-electron chi connectivity index (χ2n) is 4.50. The molecule has 0 heterocycles. The van der Waals surface area contributed by atoms with Gasteiger partial charge in [0, 0.05) is 0 Å². The first-order valence-electron chi connectivity index (χ1n) is 6.64. The van der Waals surface area contributed by atoms with E-state index in [9.17, 15) is 18.2 Å². The summed E-state index contributed by atoms with van der Waals surface area (Å²) >= 11 is 0. The van der Waals surface area contributed by atoms with Crippen LogP contribution >= 0.6 is 8.38 Å². The Morgan fingerprint density at radius 3 is 2.21 bits per heavy atom. The second kappa shape index (κ2) is 10.4. The van der Waals surface area contributed by atoms with E-state index >= 15 is 0 Å². The van der Waals surface area contributed by atoms with Gasteiger partial charge in [-0.2, -0.15) is 4.39 Å². The highest BCUT2D eigenvalue weighted by atomic mass is 31.2. The molecule has 0 saturated carbocycles. The van der Waals surface area contributed by atoms with Gasteiger partial charge in [0.1, 0.15) is 6.04 Å². The SMILES string of the molecule is CCCC[C@H](NP(F)C(=O)[C@@H](N)CCCC)C(=O)F. The molecule has 0 spiro atoms. The average Bonchev–Trinajstić information content (AvgIpc) is 2.39. The summed E-state index contributed by atoms with van der Waals surface area (Å²) in [7, 11) is -2.76. The molecule has 0 aliphatic heterocycles. The number of halogens is 2.